The molecular formula is C24H21ClF2N4O5. The van der Waals surface area contributed by atoms with Gasteiger partial charge in [0.05, 0.1) is 30.9 Å². The number of carbonyl (C=O) groups excluding carboxylic acids is 2. The molecule has 9 nitrogen and oxygen atoms in total. The van der Waals surface area contributed by atoms with Crippen LogP contribution in [0.3, 0.4) is 0 Å². The van der Waals surface area contributed by atoms with Crippen molar-refractivity contribution in [2.45, 2.75) is 26.5 Å². The maximum atomic E-state index is 13.8. The lowest BCUT2D eigenvalue weighted by Crippen LogP contribution is -2.37. The minimum atomic E-state index is -0.800. The van der Waals surface area contributed by atoms with Crippen LogP contribution in [0.4, 0.5) is 20.2 Å². The number of ether oxygens (including phenoxy) is 1. The highest BCUT2D eigenvalue weighted by atomic mass is 35.5. The predicted octanol–water partition coefficient (Wildman–Crippen LogP) is 2.84. The van der Waals surface area contributed by atoms with Gasteiger partial charge in [-0.15, -0.1) is 0 Å². The van der Waals surface area contributed by atoms with Gasteiger partial charge in [0.1, 0.15) is 31.2 Å². The van der Waals surface area contributed by atoms with Gasteiger partial charge in [-0.05, 0) is 29.8 Å². The van der Waals surface area contributed by atoms with Crippen LogP contribution in [-0.2, 0) is 22.7 Å². The Hall–Kier alpha value is -3.83. The Bertz CT molecular complexity index is 1400. The second kappa shape index (κ2) is 10.4. The van der Waals surface area contributed by atoms with Crippen molar-refractivity contribution in [3.63, 3.8) is 0 Å². The summed E-state index contributed by atoms with van der Waals surface area (Å²) < 4.78 is 33.5. The summed E-state index contributed by atoms with van der Waals surface area (Å²) in [6, 6.07) is 8.07. The summed E-state index contributed by atoms with van der Waals surface area (Å²) in [5, 5.41) is 8.83. The topological polar surface area (TPSA) is 105 Å². The molecule has 0 spiro atoms. The summed E-state index contributed by atoms with van der Waals surface area (Å²) in [5.41, 5.74) is 1.10. The van der Waals surface area contributed by atoms with Crippen molar-refractivity contribution in [2.75, 3.05) is 23.1 Å². The molecule has 4 rings (SSSR count). The average molecular weight is 519 g/mol. The number of benzene rings is 2. The van der Waals surface area contributed by atoms with E-state index in [1.54, 1.807) is 18.2 Å². The van der Waals surface area contributed by atoms with E-state index in [0.29, 0.717) is 16.9 Å². The summed E-state index contributed by atoms with van der Waals surface area (Å²) >= 11 is 6.15. The molecule has 1 N–H and O–H groups in total. The number of rotatable bonds is 7. The lowest BCUT2D eigenvalue weighted by atomic mass is 10.1. The summed E-state index contributed by atoms with van der Waals surface area (Å²) in [6.45, 7) is 0.831. The molecule has 0 radical (unpaired) electrons. The van der Waals surface area contributed by atoms with Gasteiger partial charge < -0.3 is 9.84 Å². The summed E-state index contributed by atoms with van der Waals surface area (Å²) in [6.07, 6.45) is 1.12. The van der Waals surface area contributed by atoms with Crippen molar-refractivity contribution in [1.82, 2.24) is 9.55 Å². The van der Waals surface area contributed by atoms with E-state index in [1.807, 2.05) is 0 Å². The molecule has 2 amide bonds. The van der Waals surface area contributed by atoms with E-state index < -0.39 is 17.2 Å². The van der Waals surface area contributed by atoms with Crippen LogP contribution in [0.5, 0.6) is 5.88 Å². The van der Waals surface area contributed by atoms with Crippen molar-refractivity contribution in [3.8, 4) is 5.88 Å². The highest BCUT2D eigenvalue weighted by Gasteiger charge is 2.32. The summed E-state index contributed by atoms with van der Waals surface area (Å²) in [4.78, 5) is 44.2. The van der Waals surface area contributed by atoms with Gasteiger partial charge in [0, 0.05) is 18.6 Å². The third kappa shape index (κ3) is 5.07. The Morgan fingerprint density at radius 1 is 1.14 bits per heavy atom. The molecule has 0 unspecified atom stereocenters. The molecule has 188 valence electrons. The standard InChI is InChI=1S/C24H21ClF2N4O5/c1-14(33)30-13-31(21(34)6-7-32)20-8-15(2-5-19(20)30)10-29-12-28-23(22(25)24(29)35)36-11-16-3-4-17(26)9-18(16)27/h2-5,8-9,12,32H,6-7,10-11,13H2,1H3. The molecule has 1 aliphatic rings. The first kappa shape index (κ1) is 25.3. The zero-order valence-corrected chi connectivity index (χ0v) is 19.8. The lowest BCUT2D eigenvalue weighted by Gasteiger charge is -2.17. The van der Waals surface area contributed by atoms with Gasteiger partial charge in [0.15, 0.2) is 5.02 Å². The molecule has 1 aromatic heterocycles. The van der Waals surface area contributed by atoms with E-state index in [9.17, 15) is 23.2 Å². The molecule has 3 aromatic rings. The van der Waals surface area contributed by atoms with Gasteiger partial charge in [-0.1, -0.05) is 17.7 Å². The normalized spacial score (nSPS) is 12.6. The van der Waals surface area contributed by atoms with E-state index in [-0.39, 0.29) is 61.1 Å². The van der Waals surface area contributed by atoms with E-state index in [2.05, 4.69) is 4.98 Å². The Kier molecular flexibility index (Phi) is 7.32. The van der Waals surface area contributed by atoms with Crippen molar-refractivity contribution in [2.24, 2.45) is 0 Å². The molecule has 12 heteroatoms. The molecule has 0 atom stereocenters. The van der Waals surface area contributed by atoms with Gasteiger partial charge in [0.2, 0.25) is 17.7 Å². The van der Waals surface area contributed by atoms with E-state index >= 15 is 0 Å². The van der Waals surface area contributed by atoms with Crippen LogP contribution < -0.4 is 20.1 Å². The van der Waals surface area contributed by atoms with Gasteiger partial charge >= 0.3 is 0 Å². The van der Waals surface area contributed by atoms with Crippen molar-refractivity contribution in [3.05, 3.63) is 80.9 Å². The summed E-state index contributed by atoms with van der Waals surface area (Å²) in [5.74, 6) is -2.32. The number of aromatic nitrogens is 2. The SMILES string of the molecule is CC(=O)N1CN(C(=O)CCO)c2cc(Cn3cnc(OCc4ccc(F)cc4F)c(Cl)c3=O)ccc21. The number of nitrogens with zero attached hydrogens (tertiary/aromatic N) is 4. The predicted molar refractivity (Wildman–Crippen MR) is 127 cm³/mol. The second-order valence-electron chi connectivity index (χ2n) is 8.03. The Morgan fingerprint density at radius 3 is 2.61 bits per heavy atom. The third-order valence-electron chi connectivity index (χ3n) is 5.59. The molecule has 0 saturated heterocycles. The first-order chi connectivity index (χ1) is 17.2. The molecule has 36 heavy (non-hydrogen) atoms. The Balaban J connectivity index is 1.56. The van der Waals surface area contributed by atoms with Gasteiger partial charge in [-0.2, -0.15) is 0 Å². The second-order valence-corrected chi connectivity index (χ2v) is 8.41. The fourth-order valence-electron chi connectivity index (χ4n) is 3.76. The number of aliphatic hydroxyl groups is 1. The number of fused-ring (bicyclic) bond motifs is 1. The Labute approximate surface area is 209 Å². The molecular weight excluding hydrogens is 498 g/mol. The number of hydrogen-bond acceptors (Lipinski definition) is 6. The van der Waals surface area contributed by atoms with Crippen LogP contribution in [0.1, 0.15) is 24.5 Å². The minimum absolute atomic E-state index is 0.0287. The minimum Gasteiger partial charge on any atom is -0.471 e. The highest BCUT2D eigenvalue weighted by molar-refractivity contribution is 6.31. The third-order valence-corrected chi connectivity index (χ3v) is 5.92. The van der Waals surface area contributed by atoms with Crippen molar-refractivity contribution >= 4 is 34.8 Å². The van der Waals surface area contributed by atoms with Crippen molar-refractivity contribution in [1.29, 1.82) is 0 Å². The zero-order chi connectivity index (χ0) is 26.0. The number of halogens is 3. The van der Waals surface area contributed by atoms with Gasteiger partial charge in [0.25, 0.3) is 5.56 Å². The zero-order valence-electron chi connectivity index (χ0n) is 19.1. The number of hydrogen-bond donors (Lipinski definition) is 1. The molecule has 1 aliphatic heterocycles. The maximum Gasteiger partial charge on any atom is 0.276 e. The lowest BCUT2D eigenvalue weighted by molar-refractivity contribution is -0.119. The summed E-state index contributed by atoms with van der Waals surface area (Å²) in [7, 11) is 0. The van der Waals surface area contributed by atoms with E-state index in [1.165, 1.54) is 33.7 Å². The van der Waals surface area contributed by atoms with E-state index in [0.717, 1.165) is 12.1 Å². The number of aliphatic hydroxyl groups excluding tert-OH is 1. The van der Waals surface area contributed by atoms with Crippen LogP contribution in [0, 0.1) is 11.6 Å². The van der Waals surface area contributed by atoms with Crippen LogP contribution in [0.25, 0.3) is 0 Å². The fourth-order valence-corrected chi connectivity index (χ4v) is 3.97. The van der Waals surface area contributed by atoms with Crippen LogP contribution >= 0.6 is 11.6 Å². The maximum absolute atomic E-state index is 13.8. The van der Waals surface area contributed by atoms with Gasteiger partial charge in [-0.3, -0.25) is 28.8 Å². The van der Waals surface area contributed by atoms with Crippen LogP contribution in [0.15, 0.2) is 47.5 Å². The molecule has 0 aliphatic carbocycles. The molecule has 0 fully saturated rings. The largest absolute Gasteiger partial charge is 0.471 e. The number of anilines is 2. The average Bonchev–Trinajstić information content (AvgIpc) is 3.22. The first-order valence-electron chi connectivity index (χ1n) is 10.8. The molecule has 2 heterocycles. The molecule has 0 bridgehead atoms. The smallest absolute Gasteiger partial charge is 0.276 e. The highest BCUT2D eigenvalue weighted by Crippen LogP contribution is 2.37. The van der Waals surface area contributed by atoms with Crippen molar-refractivity contribution < 1.29 is 28.2 Å². The quantitative estimate of drug-likeness (QED) is 0.516. The monoisotopic (exact) mass is 518 g/mol. The number of carbonyl (C=O) groups is 2. The fraction of sp³-hybridized carbons (Fsp3) is 0.250. The first-order valence-corrected chi connectivity index (χ1v) is 11.2. The van der Waals surface area contributed by atoms with Crippen LogP contribution in [0.2, 0.25) is 5.02 Å². The molecule has 2 aromatic carbocycles. The van der Waals surface area contributed by atoms with Crippen LogP contribution in [-0.4, -0.2) is 39.7 Å². The molecule has 0 saturated carbocycles. The Morgan fingerprint density at radius 2 is 1.92 bits per heavy atom. The van der Waals surface area contributed by atoms with E-state index in [4.69, 9.17) is 21.4 Å². The van der Waals surface area contributed by atoms with Gasteiger partial charge in [-0.25, -0.2) is 13.8 Å². The number of amides is 2.